The van der Waals surface area contributed by atoms with Gasteiger partial charge in [-0.1, -0.05) is 49.0 Å². The zero-order chi connectivity index (χ0) is 19.9. The van der Waals surface area contributed by atoms with Gasteiger partial charge < -0.3 is 9.47 Å². The van der Waals surface area contributed by atoms with Crippen molar-refractivity contribution < 1.29 is 4.79 Å². The van der Waals surface area contributed by atoms with E-state index < -0.39 is 0 Å². The van der Waals surface area contributed by atoms with Crippen LogP contribution in [0.3, 0.4) is 0 Å². The molecule has 152 valence electrons. The number of benzene rings is 1. The SMILES string of the molecule is CC[C@H](c1nnc(SCC(=O)N2CCCCC2)n1Cc1ccccc1)N(C)C. The molecule has 2 heterocycles. The topological polar surface area (TPSA) is 54.3 Å². The number of amides is 1. The minimum atomic E-state index is 0.198. The van der Waals surface area contributed by atoms with Gasteiger partial charge in [0, 0.05) is 13.1 Å². The maximum absolute atomic E-state index is 12.6. The first kappa shape index (κ1) is 20.9. The van der Waals surface area contributed by atoms with Gasteiger partial charge in [0.1, 0.15) is 0 Å². The van der Waals surface area contributed by atoms with Crippen molar-refractivity contribution in [3.05, 3.63) is 41.7 Å². The van der Waals surface area contributed by atoms with E-state index >= 15 is 0 Å². The summed E-state index contributed by atoms with van der Waals surface area (Å²) in [4.78, 5) is 16.8. The standard InChI is InChI=1S/C21H31N5OS/c1-4-18(24(2)3)20-22-23-21(26(20)15-17-11-7-5-8-12-17)28-16-19(27)25-13-9-6-10-14-25/h5,7-8,11-12,18H,4,6,9-10,13-16H2,1-3H3/t18-/m1/s1. The Bertz CT molecular complexity index is 755. The number of thioether (sulfide) groups is 1. The zero-order valence-electron chi connectivity index (χ0n) is 17.2. The lowest BCUT2D eigenvalue weighted by atomic mass is 10.1. The van der Waals surface area contributed by atoms with Gasteiger partial charge in [0.2, 0.25) is 5.91 Å². The molecule has 28 heavy (non-hydrogen) atoms. The average Bonchev–Trinajstić information content (AvgIpc) is 3.10. The fraction of sp³-hybridized carbons (Fsp3) is 0.571. The van der Waals surface area contributed by atoms with Gasteiger partial charge in [-0.3, -0.25) is 9.69 Å². The number of likely N-dealkylation sites (tertiary alicyclic amines) is 1. The Kier molecular flexibility index (Phi) is 7.50. The van der Waals surface area contributed by atoms with Crippen LogP contribution in [0, 0.1) is 0 Å². The van der Waals surface area contributed by atoms with Crippen LogP contribution in [0.25, 0.3) is 0 Å². The summed E-state index contributed by atoms with van der Waals surface area (Å²) in [5, 5.41) is 9.80. The fourth-order valence-electron chi connectivity index (χ4n) is 3.71. The van der Waals surface area contributed by atoms with Crippen molar-refractivity contribution in [2.75, 3.05) is 32.9 Å². The molecule has 1 aromatic heterocycles. The minimum Gasteiger partial charge on any atom is -0.342 e. The Morgan fingerprint density at radius 3 is 2.50 bits per heavy atom. The summed E-state index contributed by atoms with van der Waals surface area (Å²) in [6, 6.07) is 10.6. The van der Waals surface area contributed by atoms with Gasteiger partial charge in [0.25, 0.3) is 0 Å². The monoisotopic (exact) mass is 401 g/mol. The highest BCUT2D eigenvalue weighted by atomic mass is 32.2. The normalized spacial score (nSPS) is 15.8. The minimum absolute atomic E-state index is 0.198. The maximum atomic E-state index is 12.6. The molecule has 3 rings (SSSR count). The van der Waals surface area contributed by atoms with Crippen molar-refractivity contribution in [2.45, 2.75) is 50.4 Å². The van der Waals surface area contributed by atoms with Gasteiger partial charge >= 0.3 is 0 Å². The molecule has 0 unspecified atom stereocenters. The summed E-state index contributed by atoms with van der Waals surface area (Å²) < 4.78 is 2.18. The van der Waals surface area contributed by atoms with Gasteiger partial charge in [-0.05, 0) is 45.3 Å². The van der Waals surface area contributed by atoms with E-state index in [0.717, 1.165) is 43.3 Å². The summed E-state index contributed by atoms with van der Waals surface area (Å²) in [5.41, 5.74) is 1.21. The third-order valence-electron chi connectivity index (χ3n) is 5.27. The first-order valence-corrected chi connectivity index (χ1v) is 11.1. The average molecular weight is 402 g/mol. The predicted octanol–water partition coefficient (Wildman–Crippen LogP) is 3.44. The van der Waals surface area contributed by atoms with Gasteiger partial charge in [0.15, 0.2) is 11.0 Å². The van der Waals surface area contributed by atoms with E-state index in [1.54, 1.807) is 0 Å². The van der Waals surface area contributed by atoms with Gasteiger partial charge in [-0.25, -0.2) is 0 Å². The Labute approximate surface area is 172 Å². The van der Waals surface area contributed by atoms with Gasteiger partial charge in [-0.2, -0.15) is 0 Å². The molecule has 0 spiro atoms. The zero-order valence-corrected chi connectivity index (χ0v) is 18.0. The molecule has 0 aliphatic carbocycles. The van der Waals surface area contributed by atoms with Crippen LogP contribution in [0.5, 0.6) is 0 Å². The lowest BCUT2D eigenvalue weighted by Crippen LogP contribution is -2.36. The molecular formula is C21H31N5OS. The van der Waals surface area contributed by atoms with E-state index in [-0.39, 0.29) is 11.9 Å². The Hall–Kier alpha value is -1.86. The van der Waals surface area contributed by atoms with Gasteiger partial charge in [0.05, 0.1) is 18.3 Å². The number of aromatic nitrogens is 3. The Balaban J connectivity index is 1.79. The number of carbonyl (C=O) groups excluding carboxylic acids is 1. The molecule has 7 heteroatoms. The first-order chi connectivity index (χ1) is 13.6. The largest absolute Gasteiger partial charge is 0.342 e. The van der Waals surface area contributed by atoms with Gasteiger partial charge in [-0.15, -0.1) is 10.2 Å². The number of piperidine rings is 1. The second kappa shape index (κ2) is 10.1. The number of carbonyl (C=O) groups is 1. The van der Waals surface area contributed by atoms with E-state index in [1.807, 2.05) is 11.0 Å². The third kappa shape index (κ3) is 5.14. The van der Waals surface area contributed by atoms with Crippen LogP contribution < -0.4 is 0 Å². The molecule has 0 N–H and O–H groups in total. The van der Waals surface area contributed by atoms with Crippen LogP contribution in [0.15, 0.2) is 35.5 Å². The molecule has 1 atom stereocenters. The molecule has 0 saturated carbocycles. The Morgan fingerprint density at radius 2 is 1.86 bits per heavy atom. The van der Waals surface area contributed by atoms with Crippen LogP contribution in [-0.2, 0) is 11.3 Å². The first-order valence-electron chi connectivity index (χ1n) is 10.1. The number of rotatable bonds is 8. The molecular weight excluding hydrogens is 370 g/mol. The van der Waals surface area contributed by atoms with Crippen LogP contribution in [0.4, 0.5) is 0 Å². The molecule has 1 amide bonds. The molecule has 1 fully saturated rings. The van der Waals surface area contributed by atoms with Crippen molar-refractivity contribution in [1.29, 1.82) is 0 Å². The fourth-order valence-corrected chi connectivity index (χ4v) is 4.56. The molecule has 6 nitrogen and oxygen atoms in total. The highest BCUT2D eigenvalue weighted by Gasteiger charge is 2.23. The second-order valence-electron chi connectivity index (χ2n) is 7.53. The van der Waals surface area contributed by atoms with Crippen LogP contribution in [0.1, 0.15) is 50.0 Å². The van der Waals surface area contributed by atoms with Crippen LogP contribution in [0.2, 0.25) is 0 Å². The van der Waals surface area contributed by atoms with E-state index in [1.165, 1.54) is 23.7 Å². The third-order valence-corrected chi connectivity index (χ3v) is 6.22. The van der Waals surface area contributed by atoms with E-state index in [4.69, 9.17) is 0 Å². The van der Waals surface area contributed by atoms with Crippen molar-refractivity contribution in [3.63, 3.8) is 0 Å². The quantitative estimate of drug-likeness (QED) is 0.634. The molecule has 1 saturated heterocycles. The predicted molar refractivity (Wildman–Crippen MR) is 113 cm³/mol. The number of hydrogen-bond donors (Lipinski definition) is 0. The summed E-state index contributed by atoms with van der Waals surface area (Å²) in [6.07, 6.45) is 4.42. The highest BCUT2D eigenvalue weighted by Crippen LogP contribution is 2.26. The second-order valence-corrected chi connectivity index (χ2v) is 8.47. The number of nitrogens with zero attached hydrogens (tertiary/aromatic N) is 5. The van der Waals surface area contributed by atoms with E-state index in [0.29, 0.717) is 12.3 Å². The molecule has 0 radical (unpaired) electrons. The van der Waals surface area contributed by atoms with Crippen LogP contribution in [-0.4, -0.2) is 63.4 Å². The van der Waals surface area contributed by atoms with E-state index in [9.17, 15) is 4.79 Å². The summed E-state index contributed by atoms with van der Waals surface area (Å²) in [6.45, 7) is 4.66. The van der Waals surface area contributed by atoms with Crippen molar-refractivity contribution in [2.24, 2.45) is 0 Å². The molecule has 1 aliphatic rings. The van der Waals surface area contributed by atoms with E-state index in [2.05, 4.69) is 64.9 Å². The number of hydrogen-bond acceptors (Lipinski definition) is 5. The maximum Gasteiger partial charge on any atom is 0.233 e. The molecule has 0 bridgehead atoms. The molecule has 2 aromatic rings. The molecule has 1 aliphatic heterocycles. The summed E-state index contributed by atoms with van der Waals surface area (Å²) in [5.74, 6) is 1.59. The smallest absolute Gasteiger partial charge is 0.233 e. The summed E-state index contributed by atoms with van der Waals surface area (Å²) >= 11 is 1.51. The highest BCUT2D eigenvalue weighted by molar-refractivity contribution is 7.99. The van der Waals surface area contributed by atoms with Crippen molar-refractivity contribution in [1.82, 2.24) is 24.6 Å². The van der Waals surface area contributed by atoms with Crippen molar-refractivity contribution in [3.8, 4) is 0 Å². The van der Waals surface area contributed by atoms with Crippen molar-refractivity contribution >= 4 is 17.7 Å². The Morgan fingerprint density at radius 1 is 1.14 bits per heavy atom. The lowest BCUT2D eigenvalue weighted by Gasteiger charge is -2.26. The lowest BCUT2D eigenvalue weighted by molar-refractivity contribution is -0.129. The van der Waals surface area contributed by atoms with Crippen LogP contribution >= 0.6 is 11.8 Å². The molecule has 1 aromatic carbocycles. The summed E-state index contributed by atoms with van der Waals surface area (Å²) in [7, 11) is 4.14.